The van der Waals surface area contributed by atoms with Gasteiger partial charge in [0.15, 0.2) is 0 Å². The van der Waals surface area contributed by atoms with Crippen LogP contribution in [0.15, 0.2) is 42.2 Å². The summed E-state index contributed by atoms with van der Waals surface area (Å²) >= 11 is 0. The molecule has 0 saturated heterocycles. The first-order valence-corrected chi connectivity index (χ1v) is 4.65. The normalized spacial score (nSPS) is 10.5. The molecule has 53 valence electrons. The highest BCUT2D eigenvalue weighted by Crippen LogP contribution is 2.22. The van der Waals surface area contributed by atoms with Crippen LogP contribution in [0.3, 0.4) is 0 Å². The molecule has 1 heteroatoms. The Bertz CT molecular complexity index is 308. The van der Waals surface area contributed by atoms with Gasteiger partial charge in [0.25, 0.3) is 0 Å². The zero-order valence-electron chi connectivity index (χ0n) is 6.04. The minimum Gasteiger partial charge on any atom is -0.131 e. The summed E-state index contributed by atoms with van der Waals surface area (Å²) in [6.07, 6.45) is 0. The van der Waals surface area contributed by atoms with E-state index in [9.17, 15) is 0 Å². The molecule has 1 unspecified atom stereocenters. The standard InChI is InChI=1S/C10H8P/c1-2-4-9(5-3-1)10-6-7-11-8-10/h1-7,11H. The molecule has 0 aliphatic carbocycles. The molecule has 2 rings (SSSR count). The van der Waals surface area contributed by atoms with Crippen molar-refractivity contribution in [3.05, 3.63) is 48.0 Å². The Morgan fingerprint density at radius 1 is 1.00 bits per heavy atom. The van der Waals surface area contributed by atoms with Gasteiger partial charge in [-0.3, -0.25) is 0 Å². The molecule has 0 aliphatic heterocycles. The van der Waals surface area contributed by atoms with Crippen LogP contribution in [0.1, 0.15) is 0 Å². The maximum atomic E-state index is 3.31. The number of benzene rings is 1. The van der Waals surface area contributed by atoms with Crippen LogP contribution < -0.4 is 0 Å². The Labute approximate surface area is 68.0 Å². The average molecular weight is 159 g/mol. The topological polar surface area (TPSA) is 0 Å². The average Bonchev–Trinajstić information content (AvgIpc) is 2.58. The molecule has 0 fully saturated rings. The highest BCUT2D eigenvalue weighted by atomic mass is 31.0. The van der Waals surface area contributed by atoms with Crippen molar-refractivity contribution < 1.29 is 0 Å². The van der Waals surface area contributed by atoms with E-state index in [2.05, 4.69) is 41.9 Å². The van der Waals surface area contributed by atoms with Gasteiger partial charge in [0.2, 0.25) is 0 Å². The molecular weight excluding hydrogens is 151 g/mol. The van der Waals surface area contributed by atoms with Crippen LogP contribution in [0.2, 0.25) is 0 Å². The Balaban J connectivity index is 2.46. The monoisotopic (exact) mass is 159 g/mol. The summed E-state index contributed by atoms with van der Waals surface area (Å²) in [5.74, 6) is 5.46. The van der Waals surface area contributed by atoms with E-state index in [1.165, 1.54) is 11.1 Å². The van der Waals surface area contributed by atoms with Gasteiger partial charge in [0, 0.05) is 5.80 Å². The van der Waals surface area contributed by atoms with Gasteiger partial charge in [-0.25, -0.2) is 0 Å². The van der Waals surface area contributed by atoms with Crippen LogP contribution in [0, 0.1) is 5.80 Å². The van der Waals surface area contributed by atoms with E-state index in [0.717, 1.165) is 8.19 Å². The smallest absolute Gasteiger partial charge is 0.0103 e. The molecule has 1 aromatic carbocycles. The molecule has 11 heavy (non-hydrogen) atoms. The minimum absolute atomic E-state index is 0.747. The summed E-state index contributed by atoms with van der Waals surface area (Å²) in [5.41, 5.74) is 2.51. The molecule has 0 amide bonds. The second kappa shape index (κ2) is 2.94. The van der Waals surface area contributed by atoms with Gasteiger partial charge in [-0.2, -0.15) is 0 Å². The molecule has 0 bridgehead atoms. The summed E-state index contributed by atoms with van der Waals surface area (Å²) in [6.45, 7) is 0. The maximum Gasteiger partial charge on any atom is 0.0103 e. The third-order valence-electron chi connectivity index (χ3n) is 1.62. The predicted molar refractivity (Wildman–Crippen MR) is 50.2 cm³/mol. The lowest BCUT2D eigenvalue weighted by Crippen LogP contribution is -1.69. The molecule has 0 aliphatic rings. The van der Waals surface area contributed by atoms with E-state index in [4.69, 9.17) is 0 Å². The Kier molecular flexibility index (Phi) is 1.79. The first kappa shape index (κ1) is 6.69. The maximum absolute atomic E-state index is 3.31. The Morgan fingerprint density at radius 3 is 2.45 bits per heavy atom. The summed E-state index contributed by atoms with van der Waals surface area (Å²) < 4.78 is 0. The fourth-order valence-corrected chi connectivity index (χ4v) is 1.79. The van der Waals surface area contributed by atoms with Gasteiger partial charge in [0.05, 0.1) is 0 Å². The van der Waals surface area contributed by atoms with Crippen molar-refractivity contribution in [2.24, 2.45) is 0 Å². The zero-order valence-corrected chi connectivity index (χ0v) is 7.04. The largest absolute Gasteiger partial charge is 0.131 e. The summed E-state index contributed by atoms with van der Waals surface area (Å²) in [6, 6.07) is 12.5. The first-order valence-electron chi connectivity index (χ1n) is 3.57. The van der Waals surface area contributed by atoms with Crippen molar-refractivity contribution in [1.29, 1.82) is 0 Å². The summed E-state index contributed by atoms with van der Waals surface area (Å²) in [7, 11) is 0.747. The minimum atomic E-state index is 0.747. The van der Waals surface area contributed by atoms with Gasteiger partial charge in [0.1, 0.15) is 0 Å². The van der Waals surface area contributed by atoms with Crippen LogP contribution in [-0.4, -0.2) is 0 Å². The number of rotatable bonds is 1. The highest BCUT2D eigenvalue weighted by Gasteiger charge is 1.93. The van der Waals surface area contributed by atoms with Crippen molar-refractivity contribution in [3.8, 4) is 11.1 Å². The third kappa shape index (κ3) is 1.36. The molecule has 0 spiro atoms. The van der Waals surface area contributed by atoms with Crippen LogP contribution >= 0.6 is 8.19 Å². The molecule has 1 radical (unpaired) electrons. The molecular formula is C10H8P. The van der Waals surface area contributed by atoms with Gasteiger partial charge >= 0.3 is 0 Å². The molecule has 1 atom stereocenters. The number of hydrogen-bond donors (Lipinski definition) is 0. The molecule has 0 nitrogen and oxygen atoms in total. The second-order valence-electron chi connectivity index (χ2n) is 2.38. The van der Waals surface area contributed by atoms with E-state index in [0.29, 0.717) is 0 Å². The number of hydrogen-bond acceptors (Lipinski definition) is 0. The van der Waals surface area contributed by atoms with E-state index >= 15 is 0 Å². The van der Waals surface area contributed by atoms with Crippen LogP contribution in [-0.2, 0) is 0 Å². The lowest BCUT2D eigenvalue weighted by molar-refractivity contribution is 1.67. The first-order chi connectivity index (χ1) is 5.47. The molecule has 0 saturated carbocycles. The lowest BCUT2D eigenvalue weighted by Gasteiger charge is -1.93. The Hall–Kier alpha value is -1.00. The van der Waals surface area contributed by atoms with E-state index < -0.39 is 0 Å². The molecule has 2 aromatic rings. The van der Waals surface area contributed by atoms with Gasteiger partial charge in [-0.1, -0.05) is 30.3 Å². The molecule has 0 N–H and O–H groups in total. The van der Waals surface area contributed by atoms with Crippen molar-refractivity contribution in [2.75, 3.05) is 0 Å². The van der Waals surface area contributed by atoms with E-state index in [1.807, 2.05) is 6.07 Å². The van der Waals surface area contributed by atoms with Gasteiger partial charge in [-0.15, -0.1) is 8.19 Å². The van der Waals surface area contributed by atoms with E-state index in [1.54, 1.807) is 0 Å². The Morgan fingerprint density at radius 2 is 1.82 bits per heavy atom. The van der Waals surface area contributed by atoms with Gasteiger partial charge in [-0.05, 0) is 23.0 Å². The van der Waals surface area contributed by atoms with Crippen molar-refractivity contribution in [3.63, 3.8) is 0 Å². The SMILES string of the molecule is [c]1[pH]ccc1-c1ccccc1. The fraction of sp³-hybridized carbons (Fsp3) is 0. The van der Waals surface area contributed by atoms with Crippen molar-refractivity contribution in [1.82, 2.24) is 0 Å². The van der Waals surface area contributed by atoms with Crippen molar-refractivity contribution in [2.45, 2.75) is 0 Å². The van der Waals surface area contributed by atoms with Crippen LogP contribution in [0.4, 0.5) is 0 Å². The van der Waals surface area contributed by atoms with Crippen LogP contribution in [0.5, 0.6) is 0 Å². The predicted octanol–water partition coefficient (Wildman–Crippen LogP) is 3.19. The zero-order chi connectivity index (χ0) is 7.52. The summed E-state index contributed by atoms with van der Waals surface area (Å²) in [5, 5.41) is 0. The van der Waals surface area contributed by atoms with Gasteiger partial charge < -0.3 is 0 Å². The highest BCUT2D eigenvalue weighted by molar-refractivity contribution is 7.28. The second-order valence-corrected chi connectivity index (χ2v) is 3.25. The van der Waals surface area contributed by atoms with Crippen molar-refractivity contribution >= 4 is 8.19 Å². The van der Waals surface area contributed by atoms with E-state index in [-0.39, 0.29) is 0 Å². The summed E-state index contributed by atoms with van der Waals surface area (Å²) in [4.78, 5) is 0. The molecule has 1 aromatic heterocycles. The molecule has 1 heterocycles. The lowest BCUT2D eigenvalue weighted by atomic mass is 10.1. The quantitative estimate of drug-likeness (QED) is 0.599. The third-order valence-corrected chi connectivity index (χ3v) is 2.37. The van der Waals surface area contributed by atoms with Crippen LogP contribution in [0.25, 0.3) is 11.1 Å². The fourth-order valence-electron chi connectivity index (χ4n) is 1.07.